The zero-order chi connectivity index (χ0) is 14.0. The molecule has 3 rings (SSSR count). The predicted molar refractivity (Wildman–Crippen MR) is 80.1 cm³/mol. The average Bonchev–Trinajstić information content (AvgIpc) is 2.87. The Labute approximate surface area is 125 Å². The van der Waals surface area contributed by atoms with E-state index in [1.807, 2.05) is 18.2 Å². The molecule has 3 atom stereocenters. The van der Waals surface area contributed by atoms with Crippen LogP contribution in [-0.2, 0) is 9.47 Å². The van der Waals surface area contributed by atoms with Gasteiger partial charge in [-0.25, -0.2) is 0 Å². The highest BCUT2D eigenvalue weighted by molar-refractivity contribution is 6.31. The van der Waals surface area contributed by atoms with Crippen LogP contribution in [0.25, 0.3) is 0 Å². The molecule has 3 unspecified atom stereocenters. The third-order valence-electron chi connectivity index (χ3n) is 4.42. The van der Waals surface area contributed by atoms with E-state index in [1.54, 1.807) is 0 Å². The van der Waals surface area contributed by atoms with Gasteiger partial charge in [0.25, 0.3) is 0 Å². The van der Waals surface area contributed by atoms with Gasteiger partial charge in [0.05, 0.1) is 12.2 Å². The van der Waals surface area contributed by atoms with Gasteiger partial charge in [-0.3, -0.25) is 0 Å². The van der Waals surface area contributed by atoms with Crippen molar-refractivity contribution in [3.63, 3.8) is 0 Å². The first kappa shape index (κ1) is 14.3. The molecule has 20 heavy (non-hydrogen) atoms. The van der Waals surface area contributed by atoms with Gasteiger partial charge < -0.3 is 14.8 Å². The molecule has 1 aromatic carbocycles. The second-order valence-corrected chi connectivity index (χ2v) is 6.34. The quantitative estimate of drug-likeness (QED) is 0.928. The zero-order valence-electron chi connectivity index (χ0n) is 11.9. The lowest BCUT2D eigenvalue weighted by Crippen LogP contribution is -2.48. The summed E-state index contributed by atoms with van der Waals surface area (Å²) in [5.41, 5.74) is 1.12. The molecule has 0 aliphatic carbocycles. The van der Waals surface area contributed by atoms with Crippen LogP contribution in [0.5, 0.6) is 0 Å². The van der Waals surface area contributed by atoms with Gasteiger partial charge in [-0.05, 0) is 31.4 Å². The number of benzene rings is 1. The largest absolute Gasteiger partial charge is 0.378 e. The first-order valence-electron chi connectivity index (χ1n) is 7.41. The van der Waals surface area contributed by atoms with Crippen molar-refractivity contribution in [2.45, 2.75) is 43.9 Å². The molecule has 1 spiro atoms. The first-order valence-corrected chi connectivity index (χ1v) is 7.78. The highest BCUT2D eigenvalue weighted by atomic mass is 35.5. The minimum Gasteiger partial charge on any atom is -0.378 e. The van der Waals surface area contributed by atoms with Crippen LogP contribution >= 0.6 is 11.6 Å². The van der Waals surface area contributed by atoms with Crippen LogP contribution in [0, 0.1) is 0 Å². The van der Waals surface area contributed by atoms with E-state index >= 15 is 0 Å². The topological polar surface area (TPSA) is 30.5 Å². The van der Waals surface area contributed by atoms with Crippen LogP contribution in [-0.4, -0.2) is 31.5 Å². The van der Waals surface area contributed by atoms with Gasteiger partial charge in [-0.1, -0.05) is 29.8 Å². The van der Waals surface area contributed by atoms with Gasteiger partial charge in [-0.2, -0.15) is 0 Å². The van der Waals surface area contributed by atoms with Crippen molar-refractivity contribution in [1.82, 2.24) is 5.32 Å². The summed E-state index contributed by atoms with van der Waals surface area (Å²) in [4.78, 5) is 0. The maximum Gasteiger partial charge on any atom is 0.0951 e. The summed E-state index contributed by atoms with van der Waals surface area (Å²) in [6.07, 6.45) is 3.10. The Hall–Kier alpha value is -0.610. The Morgan fingerprint density at radius 3 is 2.95 bits per heavy atom. The molecule has 0 amide bonds. The average molecular weight is 296 g/mol. The molecule has 1 N–H and O–H groups in total. The number of halogens is 1. The highest BCUT2D eigenvalue weighted by Gasteiger charge is 2.41. The van der Waals surface area contributed by atoms with Crippen LogP contribution in [0.3, 0.4) is 0 Å². The fourth-order valence-electron chi connectivity index (χ4n) is 3.30. The lowest BCUT2D eigenvalue weighted by molar-refractivity contribution is -0.0902. The molecule has 0 bridgehead atoms. The molecule has 4 heteroatoms. The number of nitrogens with one attached hydrogen (secondary N) is 1. The van der Waals surface area contributed by atoms with Crippen molar-refractivity contribution >= 4 is 11.6 Å². The van der Waals surface area contributed by atoms with E-state index < -0.39 is 0 Å². The van der Waals surface area contributed by atoms with E-state index in [2.05, 4.69) is 18.3 Å². The molecule has 2 fully saturated rings. The van der Waals surface area contributed by atoms with E-state index in [-0.39, 0.29) is 11.6 Å². The molecule has 0 aromatic heterocycles. The van der Waals surface area contributed by atoms with E-state index in [1.165, 1.54) is 0 Å². The Morgan fingerprint density at radius 2 is 2.20 bits per heavy atom. The van der Waals surface area contributed by atoms with Gasteiger partial charge in [0.1, 0.15) is 0 Å². The molecule has 0 radical (unpaired) electrons. The predicted octanol–water partition coefficient (Wildman–Crippen LogP) is 3.33. The fourth-order valence-corrected chi connectivity index (χ4v) is 3.60. The van der Waals surface area contributed by atoms with Crippen LogP contribution in [0.4, 0.5) is 0 Å². The van der Waals surface area contributed by atoms with Crippen LogP contribution in [0.15, 0.2) is 24.3 Å². The molecular formula is C16H22ClNO2. The minimum absolute atomic E-state index is 0.0455. The Balaban J connectivity index is 1.64. The second kappa shape index (κ2) is 6.02. The van der Waals surface area contributed by atoms with Crippen molar-refractivity contribution in [2.75, 3.05) is 19.8 Å². The molecule has 1 aromatic rings. The van der Waals surface area contributed by atoms with E-state index in [4.69, 9.17) is 21.1 Å². The normalized spacial score (nSPS) is 31.6. The maximum absolute atomic E-state index is 6.27. The van der Waals surface area contributed by atoms with Gasteiger partial charge >= 0.3 is 0 Å². The summed E-state index contributed by atoms with van der Waals surface area (Å²) in [6.45, 7) is 4.56. The van der Waals surface area contributed by atoms with Crippen molar-refractivity contribution in [3.8, 4) is 0 Å². The summed E-state index contributed by atoms with van der Waals surface area (Å²) in [6, 6.07) is 8.77. The van der Waals surface area contributed by atoms with E-state index in [9.17, 15) is 0 Å². The van der Waals surface area contributed by atoms with Crippen LogP contribution in [0.1, 0.15) is 37.8 Å². The summed E-state index contributed by atoms with van der Waals surface area (Å²) in [7, 11) is 0. The number of hydrogen-bond acceptors (Lipinski definition) is 3. The van der Waals surface area contributed by atoms with E-state index in [0.29, 0.717) is 6.04 Å². The summed E-state index contributed by atoms with van der Waals surface area (Å²) in [5, 5.41) is 4.54. The monoisotopic (exact) mass is 295 g/mol. The zero-order valence-corrected chi connectivity index (χ0v) is 12.7. The van der Waals surface area contributed by atoms with Crippen molar-refractivity contribution < 1.29 is 9.47 Å². The number of hydrogen-bond donors (Lipinski definition) is 1. The lowest BCUT2D eigenvalue weighted by Gasteiger charge is -2.38. The van der Waals surface area contributed by atoms with Crippen LogP contribution in [0.2, 0.25) is 5.02 Å². The van der Waals surface area contributed by atoms with Gasteiger partial charge in [-0.15, -0.1) is 0 Å². The molecule has 2 aliphatic heterocycles. The molecule has 110 valence electrons. The maximum atomic E-state index is 6.27. The number of rotatable bonds is 3. The van der Waals surface area contributed by atoms with E-state index in [0.717, 1.165) is 49.7 Å². The lowest BCUT2D eigenvalue weighted by atomic mass is 9.89. The van der Waals surface area contributed by atoms with Gasteiger partial charge in [0.2, 0.25) is 0 Å². The molecular weight excluding hydrogens is 274 g/mol. The fraction of sp³-hybridized carbons (Fsp3) is 0.625. The first-order chi connectivity index (χ1) is 9.69. The SMILES string of the molecule is CC(NC1CCOC2(CCOC2)C1)c1ccccc1Cl. The third-order valence-corrected chi connectivity index (χ3v) is 4.76. The summed E-state index contributed by atoms with van der Waals surface area (Å²) >= 11 is 6.27. The molecule has 0 saturated carbocycles. The summed E-state index contributed by atoms with van der Waals surface area (Å²) < 4.78 is 11.5. The third kappa shape index (κ3) is 3.01. The van der Waals surface area contributed by atoms with Gasteiger partial charge in [0, 0.05) is 36.7 Å². The molecule has 3 nitrogen and oxygen atoms in total. The molecule has 2 saturated heterocycles. The Bertz CT molecular complexity index is 460. The molecule has 2 aliphatic rings. The standard InChI is InChI=1S/C16H22ClNO2/c1-12(14-4-2-3-5-15(14)17)18-13-6-8-20-16(10-13)7-9-19-11-16/h2-5,12-13,18H,6-11H2,1H3. The van der Waals surface area contributed by atoms with Crippen molar-refractivity contribution in [2.24, 2.45) is 0 Å². The Kier molecular flexibility index (Phi) is 4.32. The van der Waals surface area contributed by atoms with Crippen LogP contribution < -0.4 is 5.32 Å². The Morgan fingerprint density at radius 1 is 1.35 bits per heavy atom. The summed E-state index contributed by atoms with van der Waals surface area (Å²) in [5.74, 6) is 0. The minimum atomic E-state index is -0.0455. The number of ether oxygens (including phenoxy) is 2. The van der Waals surface area contributed by atoms with Gasteiger partial charge in [0.15, 0.2) is 0 Å². The second-order valence-electron chi connectivity index (χ2n) is 5.93. The highest BCUT2D eigenvalue weighted by Crippen LogP contribution is 2.34. The molecule has 2 heterocycles. The van der Waals surface area contributed by atoms with Crippen molar-refractivity contribution in [1.29, 1.82) is 0 Å². The van der Waals surface area contributed by atoms with Crippen molar-refractivity contribution in [3.05, 3.63) is 34.9 Å². The smallest absolute Gasteiger partial charge is 0.0951 e.